The van der Waals surface area contributed by atoms with E-state index in [-0.39, 0.29) is 30.9 Å². The van der Waals surface area contributed by atoms with Gasteiger partial charge in [0.1, 0.15) is 17.3 Å². The zero-order chi connectivity index (χ0) is 30.6. The maximum absolute atomic E-state index is 13.3. The van der Waals surface area contributed by atoms with E-state index in [0.29, 0.717) is 0 Å². The van der Waals surface area contributed by atoms with Crippen LogP contribution in [0.2, 0.25) is 0 Å². The van der Waals surface area contributed by atoms with E-state index in [0.717, 1.165) is 11.1 Å². The summed E-state index contributed by atoms with van der Waals surface area (Å²) in [5.41, 5.74) is 5.83. The Balaban J connectivity index is 1.95. The number of rotatable bonds is 15. The minimum absolute atomic E-state index is 0.00411. The Hall–Kier alpha value is -4.45. The van der Waals surface area contributed by atoms with Crippen LogP contribution in [0.1, 0.15) is 38.3 Å². The maximum atomic E-state index is 13.3. The number of carbonyl (C=O) groups excluding carboxylic acids is 4. The van der Waals surface area contributed by atoms with E-state index in [1.54, 1.807) is 42.5 Å². The van der Waals surface area contributed by atoms with E-state index in [1.807, 2.05) is 13.8 Å². The quantitative estimate of drug-likeness (QED) is 0.158. The van der Waals surface area contributed by atoms with Crippen LogP contribution in [0.15, 0.2) is 54.6 Å². The van der Waals surface area contributed by atoms with E-state index in [4.69, 9.17) is 5.73 Å². The normalized spacial score (nSPS) is 13.8. The molecule has 0 aliphatic rings. The SMILES string of the molecule is CC(C)C[C@H](NC(=O)[C@@](C)(Cc1ccccc1)NC(=O)CNC(=O)CNC(=O)[C@@H](N)Cc1ccc(O)cc1)C(=O)O. The number of carboxylic acid groups (broad SMARTS) is 1. The Bertz CT molecular complexity index is 1200. The molecule has 222 valence electrons. The Morgan fingerprint density at radius 3 is 2.07 bits per heavy atom. The van der Waals surface area contributed by atoms with Gasteiger partial charge in [-0.1, -0.05) is 56.3 Å². The molecule has 41 heavy (non-hydrogen) atoms. The minimum atomic E-state index is -1.52. The molecular weight excluding hydrogens is 530 g/mol. The van der Waals surface area contributed by atoms with Gasteiger partial charge in [-0.05, 0) is 48.9 Å². The lowest BCUT2D eigenvalue weighted by molar-refractivity contribution is -0.143. The fraction of sp³-hybridized carbons (Fsp3) is 0.414. The van der Waals surface area contributed by atoms with Gasteiger partial charge < -0.3 is 37.2 Å². The van der Waals surface area contributed by atoms with Crippen molar-refractivity contribution in [2.24, 2.45) is 11.7 Å². The lowest BCUT2D eigenvalue weighted by Crippen LogP contribution is -2.62. The molecule has 0 radical (unpaired) electrons. The molecule has 4 amide bonds. The van der Waals surface area contributed by atoms with E-state index >= 15 is 0 Å². The van der Waals surface area contributed by atoms with Gasteiger partial charge in [-0.15, -0.1) is 0 Å². The summed E-state index contributed by atoms with van der Waals surface area (Å²) in [6.07, 6.45) is 0.470. The van der Waals surface area contributed by atoms with Crippen molar-refractivity contribution >= 4 is 29.6 Å². The topological polar surface area (TPSA) is 200 Å². The number of aromatic hydroxyl groups is 1. The number of carbonyl (C=O) groups is 5. The molecule has 0 spiro atoms. The van der Waals surface area contributed by atoms with Gasteiger partial charge in [-0.3, -0.25) is 19.2 Å². The fourth-order valence-corrected chi connectivity index (χ4v) is 4.07. The number of phenolic OH excluding ortho intramolecular Hbond substituents is 1. The first-order chi connectivity index (χ1) is 19.3. The monoisotopic (exact) mass is 569 g/mol. The van der Waals surface area contributed by atoms with Crippen LogP contribution < -0.4 is 27.0 Å². The van der Waals surface area contributed by atoms with E-state index < -0.39 is 60.3 Å². The molecule has 8 N–H and O–H groups in total. The summed E-state index contributed by atoms with van der Waals surface area (Å²) in [6, 6.07) is 13.0. The number of phenols is 1. The molecular formula is C29H39N5O7. The largest absolute Gasteiger partial charge is 0.508 e. The molecule has 0 fully saturated rings. The third kappa shape index (κ3) is 11.3. The summed E-state index contributed by atoms with van der Waals surface area (Å²) >= 11 is 0. The number of aliphatic carboxylic acids is 1. The van der Waals surface area contributed by atoms with E-state index in [1.165, 1.54) is 19.1 Å². The van der Waals surface area contributed by atoms with Gasteiger partial charge in [0.25, 0.3) is 0 Å². The van der Waals surface area contributed by atoms with Crippen LogP contribution in [0.3, 0.4) is 0 Å². The molecule has 12 nitrogen and oxygen atoms in total. The summed E-state index contributed by atoms with van der Waals surface area (Å²) in [5, 5.41) is 28.9. The highest BCUT2D eigenvalue weighted by molar-refractivity contribution is 5.95. The second kappa shape index (κ2) is 15.4. The molecule has 0 heterocycles. The van der Waals surface area contributed by atoms with Crippen molar-refractivity contribution in [3.63, 3.8) is 0 Å². The van der Waals surface area contributed by atoms with E-state index in [2.05, 4.69) is 21.3 Å². The van der Waals surface area contributed by atoms with Crippen LogP contribution >= 0.6 is 0 Å². The van der Waals surface area contributed by atoms with Gasteiger partial charge in [0.05, 0.1) is 19.1 Å². The molecule has 2 aromatic carbocycles. The summed E-state index contributed by atoms with van der Waals surface area (Å²) < 4.78 is 0. The van der Waals surface area contributed by atoms with Crippen LogP contribution in [0.25, 0.3) is 0 Å². The highest BCUT2D eigenvalue weighted by atomic mass is 16.4. The zero-order valence-corrected chi connectivity index (χ0v) is 23.5. The van der Waals surface area contributed by atoms with Gasteiger partial charge in [0.2, 0.25) is 23.6 Å². The predicted octanol–water partition coefficient (Wildman–Crippen LogP) is 0.228. The number of nitrogens with two attached hydrogens (primary N) is 1. The summed E-state index contributed by atoms with van der Waals surface area (Å²) in [6.45, 7) is 4.25. The molecule has 0 aromatic heterocycles. The van der Waals surface area contributed by atoms with Crippen molar-refractivity contribution in [3.05, 3.63) is 65.7 Å². The fourth-order valence-electron chi connectivity index (χ4n) is 4.07. The summed E-state index contributed by atoms with van der Waals surface area (Å²) in [7, 11) is 0. The average Bonchev–Trinajstić information content (AvgIpc) is 2.91. The second-order valence-corrected chi connectivity index (χ2v) is 10.5. The standard InChI is InChI=1S/C29H39N5O7/c1-18(2)13-23(27(39)40)33-28(41)29(3,15-20-7-5-4-6-8-20)34-25(37)17-31-24(36)16-32-26(38)22(30)14-19-9-11-21(35)12-10-19/h4-12,18,22-23,35H,13-17,30H2,1-3H3,(H,31,36)(H,32,38)(H,33,41)(H,34,37)(H,39,40)/t22-,23-,29+/m0/s1. The number of nitrogens with one attached hydrogen (secondary N) is 4. The van der Waals surface area contributed by atoms with Crippen molar-refractivity contribution < 1.29 is 34.2 Å². The first kappa shape index (κ1) is 32.8. The average molecular weight is 570 g/mol. The van der Waals surface area contributed by atoms with Crippen LogP contribution in [0.5, 0.6) is 5.75 Å². The molecule has 2 rings (SSSR count). The summed E-state index contributed by atoms with van der Waals surface area (Å²) in [5.74, 6) is -3.67. The lowest BCUT2D eigenvalue weighted by Gasteiger charge is -2.31. The van der Waals surface area contributed by atoms with E-state index in [9.17, 15) is 34.2 Å². The number of amides is 4. The highest BCUT2D eigenvalue weighted by Crippen LogP contribution is 2.16. The molecule has 0 saturated heterocycles. The minimum Gasteiger partial charge on any atom is -0.508 e. The van der Waals surface area contributed by atoms with Gasteiger partial charge >= 0.3 is 5.97 Å². The number of hydrogen-bond acceptors (Lipinski definition) is 7. The highest BCUT2D eigenvalue weighted by Gasteiger charge is 2.37. The van der Waals surface area contributed by atoms with Crippen molar-refractivity contribution in [1.82, 2.24) is 21.3 Å². The summed E-state index contributed by atoms with van der Waals surface area (Å²) in [4.78, 5) is 62.3. The zero-order valence-electron chi connectivity index (χ0n) is 23.5. The molecule has 0 aliphatic heterocycles. The van der Waals surface area contributed by atoms with Crippen LogP contribution in [-0.4, -0.2) is 70.5 Å². The smallest absolute Gasteiger partial charge is 0.326 e. The number of carboxylic acids is 1. The molecule has 0 saturated carbocycles. The number of benzene rings is 2. The Kier molecular flexibility index (Phi) is 12.3. The van der Waals surface area contributed by atoms with Crippen LogP contribution in [-0.2, 0) is 36.8 Å². The van der Waals surface area contributed by atoms with Gasteiger partial charge in [-0.25, -0.2) is 4.79 Å². The number of hydrogen-bond donors (Lipinski definition) is 7. The van der Waals surface area contributed by atoms with Crippen molar-refractivity contribution in [2.75, 3.05) is 13.1 Å². The van der Waals surface area contributed by atoms with Crippen LogP contribution in [0, 0.1) is 5.92 Å². The Morgan fingerprint density at radius 2 is 1.49 bits per heavy atom. The second-order valence-electron chi connectivity index (χ2n) is 10.5. The molecule has 0 aliphatic carbocycles. The first-order valence-electron chi connectivity index (χ1n) is 13.3. The van der Waals surface area contributed by atoms with Crippen molar-refractivity contribution in [1.29, 1.82) is 0 Å². The third-order valence-electron chi connectivity index (χ3n) is 6.23. The van der Waals surface area contributed by atoms with Crippen LogP contribution in [0.4, 0.5) is 0 Å². The predicted molar refractivity (Wildman–Crippen MR) is 152 cm³/mol. The molecule has 0 unspecified atom stereocenters. The Morgan fingerprint density at radius 1 is 0.878 bits per heavy atom. The van der Waals surface area contributed by atoms with Crippen molar-refractivity contribution in [2.45, 2.75) is 57.7 Å². The molecule has 12 heteroatoms. The van der Waals surface area contributed by atoms with Gasteiger partial charge in [0, 0.05) is 6.42 Å². The third-order valence-corrected chi connectivity index (χ3v) is 6.23. The van der Waals surface area contributed by atoms with Gasteiger partial charge in [-0.2, -0.15) is 0 Å². The van der Waals surface area contributed by atoms with Gasteiger partial charge in [0.15, 0.2) is 0 Å². The Labute approximate surface area is 239 Å². The lowest BCUT2D eigenvalue weighted by atomic mass is 9.90. The molecule has 2 aromatic rings. The molecule has 0 bridgehead atoms. The maximum Gasteiger partial charge on any atom is 0.326 e. The first-order valence-corrected chi connectivity index (χ1v) is 13.3. The molecule has 3 atom stereocenters. The van der Waals surface area contributed by atoms with Crippen molar-refractivity contribution in [3.8, 4) is 5.75 Å².